The molecule has 33 heavy (non-hydrogen) atoms. The minimum atomic E-state index is -3.51. The van der Waals surface area contributed by atoms with Crippen molar-refractivity contribution >= 4 is 9.84 Å². The molecule has 1 atom stereocenters. The highest BCUT2D eigenvalue weighted by Crippen LogP contribution is 2.49. The maximum Gasteiger partial charge on any atom is 0.255 e. The Balaban J connectivity index is 1.40. The molecule has 182 valence electrons. The van der Waals surface area contributed by atoms with Gasteiger partial charge in [-0.25, -0.2) is 17.2 Å². The van der Waals surface area contributed by atoms with Crippen molar-refractivity contribution in [3.8, 4) is 11.4 Å². The maximum atomic E-state index is 14.5. The molecule has 1 aromatic heterocycles. The van der Waals surface area contributed by atoms with E-state index in [0.717, 1.165) is 57.1 Å². The van der Waals surface area contributed by atoms with Gasteiger partial charge >= 0.3 is 0 Å². The van der Waals surface area contributed by atoms with Gasteiger partial charge < -0.3 is 14.0 Å². The van der Waals surface area contributed by atoms with E-state index >= 15 is 0 Å². The quantitative estimate of drug-likeness (QED) is 0.583. The van der Waals surface area contributed by atoms with Crippen molar-refractivity contribution in [1.82, 2.24) is 10.1 Å². The van der Waals surface area contributed by atoms with E-state index in [4.69, 9.17) is 14.0 Å². The van der Waals surface area contributed by atoms with E-state index in [1.807, 2.05) is 0 Å². The van der Waals surface area contributed by atoms with Gasteiger partial charge in [0.15, 0.2) is 9.84 Å². The molecular formula is C23H30F2N2O5S. The number of ether oxygens (including phenoxy) is 2. The molecule has 0 N–H and O–H groups in total. The molecule has 1 spiro atoms. The third-order valence-corrected chi connectivity index (χ3v) is 7.38. The molecule has 1 saturated heterocycles. The Bertz CT molecular complexity index is 1120. The molecule has 0 unspecified atom stereocenters. The van der Waals surface area contributed by atoms with Crippen molar-refractivity contribution in [1.29, 1.82) is 0 Å². The second kappa shape index (κ2) is 8.70. The number of hydrogen-bond acceptors (Lipinski definition) is 7. The van der Waals surface area contributed by atoms with Crippen molar-refractivity contribution in [2.75, 3.05) is 12.9 Å². The Kier molecular flexibility index (Phi) is 6.39. The first-order chi connectivity index (χ1) is 15.3. The molecule has 0 bridgehead atoms. The SMILES string of the molecule is C[C@@H](OC1CCC2(CC1)COC(C)(C)C2)c1nc(-c2cc(F)c(CS(C)(=O)=O)cc2F)no1. The summed E-state index contributed by atoms with van der Waals surface area (Å²) < 4.78 is 69.1. The average molecular weight is 485 g/mol. The van der Waals surface area contributed by atoms with Crippen LogP contribution >= 0.6 is 0 Å². The lowest BCUT2D eigenvalue weighted by atomic mass is 9.70. The first-order valence-corrected chi connectivity index (χ1v) is 13.2. The van der Waals surface area contributed by atoms with Gasteiger partial charge in [-0.15, -0.1) is 0 Å². The standard InChI is InChI=1S/C23H30F2N2O5S/c1-14(31-16-5-7-23(8-6-16)12-22(2,3)30-13-23)21-26-20(27-32-21)17-10-18(24)15(9-19(17)25)11-33(4,28)29/h9-10,14,16H,5-8,11-13H2,1-4H3/t14-,16?,23?/m1/s1. The lowest BCUT2D eigenvalue weighted by Crippen LogP contribution is -2.32. The van der Waals surface area contributed by atoms with Gasteiger partial charge in [-0.1, -0.05) is 5.16 Å². The van der Waals surface area contributed by atoms with E-state index < -0.39 is 33.3 Å². The predicted molar refractivity (Wildman–Crippen MR) is 117 cm³/mol. The van der Waals surface area contributed by atoms with E-state index in [1.54, 1.807) is 6.92 Å². The van der Waals surface area contributed by atoms with Gasteiger partial charge in [0.1, 0.15) is 17.7 Å². The summed E-state index contributed by atoms with van der Waals surface area (Å²) in [7, 11) is -3.51. The molecule has 0 amide bonds. The van der Waals surface area contributed by atoms with E-state index in [-0.39, 0.29) is 40.0 Å². The Morgan fingerprint density at radius 1 is 1.21 bits per heavy atom. The zero-order chi connectivity index (χ0) is 24.0. The Labute approximate surface area is 192 Å². The third-order valence-electron chi connectivity index (χ3n) is 6.54. The van der Waals surface area contributed by atoms with E-state index in [0.29, 0.717) is 0 Å². The summed E-state index contributed by atoms with van der Waals surface area (Å²) in [6.45, 7) is 6.84. The second-order valence-electron chi connectivity index (χ2n) is 10.2. The van der Waals surface area contributed by atoms with Crippen LogP contribution < -0.4 is 0 Å². The number of nitrogens with zero attached hydrogens (tertiary/aromatic N) is 2. The minimum absolute atomic E-state index is 0.0501. The van der Waals surface area contributed by atoms with E-state index in [1.165, 1.54) is 0 Å². The van der Waals surface area contributed by atoms with Crippen molar-refractivity contribution in [3.63, 3.8) is 0 Å². The van der Waals surface area contributed by atoms with Gasteiger partial charge in [0.2, 0.25) is 5.82 Å². The normalized spacial score (nSPS) is 26.1. The number of hydrogen-bond donors (Lipinski definition) is 0. The van der Waals surface area contributed by atoms with Crippen molar-refractivity contribution in [2.24, 2.45) is 5.41 Å². The summed E-state index contributed by atoms with van der Waals surface area (Å²) in [6.07, 6.45) is 5.45. The fourth-order valence-corrected chi connectivity index (χ4v) is 5.81. The van der Waals surface area contributed by atoms with Gasteiger partial charge in [-0.2, -0.15) is 4.98 Å². The van der Waals surface area contributed by atoms with Crippen LogP contribution in [0.1, 0.15) is 70.4 Å². The summed E-state index contributed by atoms with van der Waals surface area (Å²) in [5.41, 5.74) is -0.283. The molecule has 1 aliphatic heterocycles. The summed E-state index contributed by atoms with van der Waals surface area (Å²) in [6, 6.07) is 1.75. The van der Waals surface area contributed by atoms with Crippen LogP contribution in [0.25, 0.3) is 11.4 Å². The zero-order valence-corrected chi connectivity index (χ0v) is 20.2. The number of halogens is 2. The monoisotopic (exact) mass is 484 g/mol. The smallest absolute Gasteiger partial charge is 0.255 e. The van der Waals surface area contributed by atoms with Crippen molar-refractivity contribution < 1.29 is 31.2 Å². The lowest BCUT2D eigenvalue weighted by molar-refractivity contribution is -0.0560. The predicted octanol–water partition coefficient (Wildman–Crippen LogP) is 4.76. The van der Waals surface area contributed by atoms with Crippen LogP contribution in [0.5, 0.6) is 0 Å². The van der Waals surface area contributed by atoms with Crippen LogP contribution in [0.2, 0.25) is 0 Å². The first kappa shape index (κ1) is 24.2. The molecule has 7 nitrogen and oxygen atoms in total. The van der Waals surface area contributed by atoms with Gasteiger partial charge in [-0.3, -0.25) is 0 Å². The average Bonchev–Trinajstić information content (AvgIpc) is 3.30. The van der Waals surface area contributed by atoms with Gasteiger partial charge in [-0.05, 0) is 70.4 Å². The van der Waals surface area contributed by atoms with Crippen LogP contribution in [-0.4, -0.2) is 43.1 Å². The van der Waals surface area contributed by atoms with Gasteiger partial charge in [0.05, 0.1) is 29.6 Å². The molecule has 4 rings (SSSR count). The van der Waals surface area contributed by atoms with Crippen LogP contribution in [0.4, 0.5) is 8.78 Å². The number of aromatic nitrogens is 2. The van der Waals surface area contributed by atoms with Gasteiger partial charge in [0.25, 0.3) is 5.89 Å². The molecule has 2 aliphatic rings. The fourth-order valence-electron chi connectivity index (χ4n) is 5.02. The number of benzene rings is 1. The number of rotatable bonds is 6. The molecule has 1 aromatic carbocycles. The topological polar surface area (TPSA) is 91.5 Å². The highest BCUT2D eigenvalue weighted by Gasteiger charge is 2.46. The minimum Gasteiger partial charge on any atom is -0.375 e. The Morgan fingerprint density at radius 3 is 2.52 bits per heavy atom. The summed E-state index contributed by atoms with van der Waals surface area (Å²) >= 11 is 0. The second-order valence-corrected chi connectivity index (χ2v) is 12.3. The van der Waals surface area contributed by atoms with E-state index in [2.05, 4.69) is 24.0 Å². The molecule has 2 heterocycles. The van der Waals surface area contributed by atoms with Crippen LogP contribution in [0, 0.1) is 17.0 Å². The third kappa shape index (κ3) is 5.60. The molecule has 1 saturated carbocycles. The van der Waals surface area contributed by atoms with Crippen molar-refractivity contribution in [3.05, 3.63) is 35.2 Å². The Morgan fingerprint density at radius 2 is 1.91 bits per heavy atom. The molecule has 1 aliphatic carbocycles. The maximum absolute atomic E-state index is 14.5. The van der Waals surface area contributed by atoms with Crippen LogP contribution in [-0.2, 0) is 25.1 Å². The fraction of sp³-hybridized carbons (Fsp3) is 0.652. The largest absolute Gasteiger partial charge is 0.375 e. The summed E-state index contributed by atoms with van der Waals surface area (Å²) in [5.74, 6) is -2.20. The van der Waals surface area contributed by atoms with Crippen LogP contribution in [0.15, 0.2) is 16.7 Å². The van der Waals surface area contributed by atoms with Gasteiger partial charge in [0, 0.05) is 11.8 Å². The highest BCUT2D eigenvalue weighted by atomic mass is 32.2. The van der Waals surface area contributed by atoms with Crippen LogP contribution in [0.3, 0.4) is 0 Å². The number of sulfone groups is 1. The molecule has 10 heteroatoms. The summed E-state index contributed by atoms with van der Waals surface area (Å²) in [5, 5.41) is 3.77. The summed E-state index contributed by atoms with van der Waals surface area (Å²) in [4.78, 5) is 4.19. The van der Waals surface area contributed by atoms with Crippen molar-refractivity contribution in [2.45, 2.75) is 76.4 Å². The first-order valence-electron chi connectivity index (χ1n) is 11.1. The molecule has 2 aromatic rings. The molecule has 2 fully saturated rings. The zero-order valence-electron chi connectivity index (χ0n) is 19.4. The lowest BCUT2D eigenvalue weighted by Gasteiger charge is -2.37. The molecule has 0 radical (unpaired) electrons. The molecular weight excluding hydrogens is 454 g/mol. The Hall–Kier alpha value is -1.91. The highest BCUT2D eigenvalue weighted by molar-refractivity contribution is 7.89. The van der Waals surface area contributed by atoms with E-state index in [9.17, 15) is 17.2 Å².